The first-order valence-electron chi connectivity index (χ1n) is 5.69. The maximum atomic E-state index is 10.5. The number of benzene rings is 1. The fourth-order valence-corrected chi connectivity index (χ4v) is 1.50. The Morgan fingerprint density at radius 2 is 1.83 bits per heavy atom. The van der Waals surface area contributed by atoms with Gasteiger partial charge in [0.2, 0.25) is 0 Å². The molecule has 0 aliphatic carbocycles. The van der Waals surface area contributed by atoms with Crippen molar-refractivity contribution in [2.75, 3.05) is 0 Å². The Labute approximate surface area is 107 Å². The van der Waals surface area contributed by atoms with E-state index in [1.807, 2.05) is 38.1 Å². The highest BCUT2D eigenvalue weighted by Crippen LogP contribution is 2.09. The van der Waals surface area contributed by atoms with Crippen LogP contribution in [0.4, 0.5) is 0 Å². The zero-order valence-electron chi connectivity index (χ0n) is 10.8. The van der Waals surface area contributed by atoms with Crippen LogP contribution in [-0.4, -0.2) is 16.1 Å². The van der Waals surface area contributed by atoms with Crippen molar-refractivity contribution >= 4 is 5.97 Å². The van der Waals surface area contributed by atoms with Gasteiger partial charge in [-0.1, -0.05) is 23.8 Å². The van der Waals surface area contributed by atoms with E-state index in [4.69, 9.17) is 5.11 Å². The summed E-state index contributed by atoms with van der Waals surface area (Å²) in [6.45, 7) is 5.72. The molecule has 0 unspecified atom stereocenters. The van der Waals surface area contributed by atoms with E-state index in [9.17, 15) is 4.79 Å². The number of hydrogen-bond acceptors (Lipinski definition) is 2. The highest BCUT2D eigenvalue weighted by Gasteiger charge is 2.04. The Morgan fingerprint density at radius 3 is 2.22 bits per heavy atom. The summed E-state index contributed by atoms with van der Waals surface area (Å²) >= 11 is 0. The molecule has 2 rings (SSSR count). The largest absolute Gasteiger partial charge is 0.478 e. The SMILES string of the molecule is Cc1ccc(C(=O)O)c(C)c1.Cc1ccccn1. The molecule has 0 fully saturated rings. The highest BCUT2D eigenvalue weighted by molar-refractivity contribution is 5.89. The maximum Gasteiger partial charge on any atom is 0.335 e. The number of aryl methyl sites for hydroxylation is 3. The molecule has 0 radical (unpaired) electrons. The summed E-state index contributed by atoms with van der Waals surface area (Å²) < 4.78 is 0. The summed E-state index contributed by atoms with van der Waals surface area (Å²) in [5.74, 6) is -0.859. The van der Waals surface area contributed by atoms with Gasteiger partial charge < -0.3 is 5.11 Å². The lowest BCUT2D eigenvalue weighted by Crippen LogP contribution is -1.99. The van der Waals surface area contributed by atoms with E-state index in [0.717, 1.165) is 16.8 Å². The number of aromatic carboxylic acids is 1. The molecule has 3 heteroatoms. The first-order valence-corrected chi connectivity index (χ1v) is 5.69. The molecule has 0 spiro atoms. The lowest BCUT2D eigenvalue weighted by atomic mass is 10.1. The standard InChI is InChI=1S/C9H10O2.C6H7N/c1-6-3-4-8(9(10)11)7(2)5-6;1-6-4-2-3-5-7-6/h3-5H,1-2H3,(H,10,11);2-5H,1H3. The second kappa shape index (κ2) is 6.55. The van der Waals surface area contributed by atoms with Gasteiger partial charge in [-0.2, -0.15) is 0 Å². The Hall–Kier alpha value is -2.16. The molecule has 1 aromatic heterocycles. The Morgan fingerprint density at radius 1 is 1.11 bits per heavy atom. The van der Waals surface area contributed by atoms with Crippen LogP contribution < -0.4 is 0 Å². The third-order valence-electron chi connectivity index (χ3n) is 2.43. The monoisotopic (exact) mass is 243 g/mol. The molecule has 0 atom stereocenters. The van der Waals surface area contributed by atoms with Crippen molar-refractivity contribution in [3.05, 3.63) is 65.0 Å². The van der Waals surface area contributed by atoms with E-state index in [0.29, 0.717) is 5.56 Å². The molecule has 0 saturated carbocycles. The fraction of sp³-hybridized carbons (Fsp3) is 0.200. The van der Waals surface area contributed by atoms with Crippen molar-refractivity contribution in [1.29, 1.82) is 0 Å². The molecule has 0 amide bonds. The zero-order valence-corrected chi connectivity index (χ0v) is 10.8. The zero-order chi connectivity index (χ0) is 13.5. The first kappa shape index (κ1) is 13.9. The van der Waals surface area contributed by atoms with Gasteiger partial charge in [-0.3, -0.25) is 4.98 Å². The van der Waals surface area contributed by atoms with Gasteiger partial charge >= 0.3 is 5.97 Å². The topological polar surface area (TPSA) is 50.2 Å². The molecule has 0 saturated heterocycles. The minimum atomic E-state index is -0.859. The molecule has 1 N–H and O–H groups in total. The van der Waals surface area contributed by atoms with E-state index >= 15 is 0 Å². The van der Waals surface area contributed by atoms with E-state index in [1.165, 1.54) is 0 Å². The predicted octanol–water partition coefficient (Wildman–Crippen LogP) is 3.39. The van der Waals surface area contributed by atoms with Gasteiger partial charge in [0, 0.05) is 11.9 Å². The molecule has 0 aliphatic rings. The second-order valence-electron chi connectivity index (χ2n) is 4.09. The number of carbonyl (C=O) groups is 1. The molecule has 94 valence electrons. The number of pyridine rings is 1. The average molecular weight is 243 g/mol. The van der Waals surface area contributed by atoms with Gasteiger partial charge in [0.25, 0.3) is 0 Å². The summed E-state index contributed by atoms with van der Waals surface area (Å²) in [5.41, 5.74) is 3.36. The molecule has 18 heavy (non-hydrogen) atoms. The number of carboxylic acids is 1. The van der Waals surface area contributed by atoms with Crippen LogP contribution in [0.15, 0.2) is 42.6 Å². The molecule has 1 heterocycles. The molecule has 1 aromatic carbocycles. The number of aromatic nitrogens is 1. The minimum absolute atomic E-state index is 0.385. The molecule has 2 aromatic rings. The molecule has 0 aliphatic heterocycles. The van der Waals surface area contributed by atoms with E-state index in [-0.39, 0.29) is 0 Å². The summed E-state index contributed by atoms with van der Waals surface area (Å²) in [7, 11) is 0. The molecule has 0 bridgehead atoms. The van der Waals surface area contributed by atoms with Crippen molar-refractivity contribution in [1.82, 2.24) is 4.98 Å². The predicted molar refractivity (Wildman–Crippen MR) is 71.8 cm³/mol. The van der Waals surface area contributed by atoms with E-state index in [2.05, 4.69) is 4.98 Å². The van der Waals surface area contributed by atoms with Crippen molar-refractivity contribution in [2.45, 2.75) is 20.8 Å². The maximum absolute atomic E-state index is 10.5. The number of nitrogens with zero attached hydrogens (tertiary/aromatic N) is 1. The van der Waals surface area contributed by atoms with Crippen molar-refractivity contribution < 1.29 is 9.90 Å². The van der Waals surface area contributed by atoms with Crippen molar-refractivity contribution in [3.63, 3.8) is 0 Å². The molecular weight excluding hydrogens is 226 g/mol. The van der Waals surface area contributed by atoms with Crippen LogP contribution in [0.1, 0.15) is 27.2 Å². The third kappa shape index (κ3) is 4.37. The first-order chi connectivity index (χ1) is 8.50. The van der Waals surface area contributed by atoms with Gasteiger partial charge in [0.05, 0.1) is 5.56 Å². The second-order valence-corrected chi connectivity index (χ2v) is 4.09. The van der Waals surface area contributed by atoms with Crippen LogP contribution in [0.3, 0.4) is 0 Å². The number of rotatable bonds is 1. The molecular formula is C15H17NO2. The van der Waals surface area contributed by atoms with Crippen LogP contribution in [0, 0.1) is 20.8 Å². The van der Waals surface area contributed by atoms with Gasteiger partial charge in [0.1, 0.15) is 0 Å². The number of carboxylic acid groups (broad SMARTS) is 1. The summed E-state index contributed by atoms with van der Waals surface area (Å²) in [6.07, 6.45) is 1.79. The van der Waals surface area contributed by atoms with Crippen LogP contribution >= 0.6 is 0 Å². The quantitative estimate of drug-likeness (QED) is 0.835. The lowest BCUT2D eigenvalue weighted by molar-refractivity contribution is 0.0696. The third-order valence-corrected chi connectivity index (χ3v) is 2.43. The number of hydrogen-bond donors (Lipinski definition) is 1. The van der Waals surface area contributed by atoms with Gasteiger partial charge in [-0.15, -0.1) is 0 Å². The molecule has 3 nitrogen and oxygen atoms in total. The minimum Gasteiger partial charge on any atom is -0.478 e. The smallest absolute Gasteiger partial charge is 0.335 e. The van der Waals surface area contributed by atoms with E-state index < -0.39 is 5.97 Å². The summed E-state index contributed by atoms with van der Waals surface area (Å²) in [5, 5.41) is 8.66. The highest BCUT2D eigenvalue weighted by atomic mass is 16.4. The average Bonchev–Trinajstić information content (AvgIpc) is 2.30. The van der Waals surface area contributed by atoms with E-state index in [1.54, 1.807) is 25.3 Å². The van der Waals surface area contributed by atoms with Crippen molar-refractivity contribution in [2.24, 2.45) is 0 Å². The van der Waals surface area contributed by atoms with Crippen molar-refractivity contribution in [3.8, 4) is 0 Å². The Balaban J connectivity index is 0.000000199. The fourth-order valence-electron chi connectivity index (χ4n) is 1.50. The van der Waals surface area contributed by atoms with Gasteiger partial charge in [-0.25, -0.2) is 4.79 Å². The van der Waals surface area contributed by atoms with Crippen LogP contribution in [0.25, 0.3) is 0 Å². The van der Waals surface area contributed by atoms with Crippen LogP contribution in [0.5, 0.6) is 0 Å². The Bertz CT molecular complexity index is 521. The Kier molecular flexibility index (Phi) is 5.06. The van der Waals surface area contributed by atoms with Crippen LogP contribution in [0.2, 0.25) is 0 Å². The summed E-state index contributed by atoms with van der Waals surface area (Å²) in [6, 6.07) is 11.2. The lowest BCUT2D eigenvalue weighted by Gasteiger charge is -2.00. The van der Waals surface area contributed by atoms with Crippen LogP contribution in [-0.2, 0) is 0 Å². The van der Waals surface area contributed by atoms with Gasteiger partial charge in [-0.05, 0) is 44.5 Å². The van der Waals surface area contributed by atoms with Gasteiger partial charge in [0.15, 0.2) is 0 Å². The normalized spacial score (nSPS) is 9.28. The summed E-state index contributed by atoms with van der Waals surface area (Å²) in [4.78, 5) is 14.5.